The molecule has 1 amide bonds. The van der Waals surface area contributed by atoms with Crippen LogP contribution in [0.3, 0.4) is 0 Å². The number of carbonyl (C=O) groups is 1. The van der Waals surface area contributed by atoms with Crippen LogP contribution in [0, 0.1) is 11.6 Å². The fourth-order valence-electron chi connectivity index (χ4n) is 3.00. The van der Waals surface area contributed by atoms with E-state index in [-0.39, 0.29) is 22.3 Å². The van der Waals surface area contributed by atoms with Crippen molar-refractivity contribution in [3.05, 3.63) is 77.7 Å². The highest BCUT2D eigenvalue weighted by atomic mass is 35.5. The number of hydrogen-bond donors (Lipinski definition) is 0. The smallest absolute Gasteiger partial charge is 0.248 e. The Balaban J connectivity index is 1.98. The lowest BCUT2D eigenvalue weighted by molar-refractivity contribution is -0.116. The third kappa shape index (κ3) is 3.53. The van der Waals surface area contributed by atoms with Gasteiger partial charge in [0, 0.05) is 18.7 Å². The van der Waals surface area contributed by atoms with Crippen LogP contribution in [0.15, 0.2) is 65.6 Å². The van der Waals surface area contributed by atoms with Gasteiger partial charge >= 0.3 is 0 Å². The molecule has 2 aromatic carbocycles. The molecule has 0 aliphatic carbocycles. The zero-order valence-electron chi connectivity index (χ0n) is 15.5. The van der Waals surface area contributed by atoms with Crippen molar-refractivity contribution in [1.82, 2.24) is 15.1 Å². The number of halogens is 3. The third-order valence-electron chi connectivity index (χ3n) is 4.32. The van der Waals surface area contributed by atoms with E-state index in [9.17, 15) is 13.6 Å². The Bertz CT molecular complexity index is 1230. The molecule has 2 aromatic heterocycles. The zero-order valence-corrected chi connectivity index (χ0v) is 16.3. The molecule has 30 heavy (non-hydrogen) atoms. The lowest BCUT2D eigenvalue weighted by Gasteiger charge is -2.19. The molecule has 6 nitrogen and oxygen atoms in total. The first-order valence-corrected chi connectivity index (χ1v) is 9.12. The standard InChI is InChI=1S/C21H13ClF2N4O2/c1-12(29)28(18-5-3-2-4-16(18)24)21-19(17-8-9-25-11-26-17)20(27-30-21)13-6-7-15(23)14(22)10-13/h2-11H,1H3. The number of rotatable bonds is 4. The highest BCUT2D eigenvalue weighted by Crippen LogP contribution is 2.42. The van der Waals surface area contributed by atoms with Crippen molar-refractivity contribution in [2.24, 2.45) is 0 Å². The molecule has 0 bridgehead atoms. The molecular weight excluding hydrogens is 414 g/mol. The van der Waals surface area contributed by atoms with Crippen molar-refractivity contribution in [2.75, 3.05) is 4.90 Å². The largest absolute Gasteiger partial charge is 0.336 e. The van der Waals surface area contributed by atoms with Crippen LogP contribution in [-0.2, 0) is 4.79 Å². The predicted octanol–water partition coefficient (Wildman–Crippen LogP) is 5.41. The van der Waals surface area contributed by atoms with Crippen LogP contribution in [0.1, 0.15) is 6.92 Å². The Labute approximate surface area is 174 Å². The zero-order chi connectivity index (χ0) is 21.3. The van der Waals surface area contributed by atoms with E-state index in [4.69, 9.17) is 16.1 Å². The molecule has 0 spiro atoms. The van der Waals surface area contributed by atoms with Crippen molar-refractivity contribution >= 4 is 29.1 Å². The van der Waals surface area contributed by atoms with Crippen LogP contribution in [0.2, 0.25) is 5.02 Å². The maximum Gasteiger partial charge on any atom is 0.248 e. The number of nitrogens with zero attached hydrogens (tertiary/aromatic N) is 4. The average molecular weight is 427 g/mol. The second kappa shape index (κ2) is 8.00. The number of amides is 1. The van der Waals surface area contributed by atoms with E-state index in [0.29, 0.717) is 16.8 Å². The summed E-state index contributed by atoms with van der Waals surface area (Å²) in [5, 5.41) is 3.95. The van der Waals surface area contributed by atoms with Gasteiger partial charge in [-0.25, -0.2) is 23.6 Å². The van der Waals surface area contributed by atoms with Crippen LogP contribution < -0.4 is 4.90 Å². The molecule has 0 fully saturated rings. The molecule has 0 unspecified atom stereocenters. The van der Waals surface area contributed by atoms with Gasteiger partial charge in [0.15, 0.2) is 0 Å². The minimum atomic E-state index is -0.621. The summed E-state index contributed by atoms with van der Waals surface area (Å²) in [4.78, 5) is 21.7. The van der Waals surface area contributed by atoms with Crippen LogP contribution in [0.4, 0.5) is 20.4 Å². The van der Waals surface area contributed by atoms with Crippen molar-refractivity contribution in [1.29, 1.82) is 0 Å². The molecule has 4 rings (SSSR count). The molecular formula is C21H13ClF2N4O2. The lowest BCUT2D eigenvalue weighted by Crippen LogP contribution is -2.24. The molecule has 0 saturated heterocycles. The fraction of sp³-hybridized carbons (Fsp3) is 0.0476. The van der Waals surface area contributed by atoms with Crippen molar-refractivity contribution in [2.45, 2.75) is 6.92 Å². The van der Waals surface area contributed by atoms with E-state index in [0.717, 1.165) is 4.90 Å². The first kappa shape index (κ1) is 19.7. The van der Waals surface area contributed by atoms with Gasteiger partial charge in [-0.2, -0.15) is 0 Å². The molecule has 0 aliphatic heterocycles. The predicted molar refractivity (Wildman–Crippen MR) is 107 cm³/mol. The van der Waals surface area contributed by atoms with Crippen molar-refractivity contribution in [3.8, 4) is 22.5 Å². The topological polar surface area (TPSA) is 72.1 Å². The first-order valence-electron chi connectivity index (χ1n) is 8.74. The molecule has 150 valence electrons. The van der Waals surface area contributed by atoms with E-state index in [1.165, 1.54) is 55.8 Å². The maximum atomic E-state index is 14.5. The second-order valence-corrected chi connectivity index (χ2v) is 6.65. The van der Waals surface area contributed by atoms with Gasteiger partial charge in [-0.05, 0) is 36.4 Å². The normalized spacial score (nSPS) is 10.8. The van der Waals surface area contributed by atoms with E-state index >= 15 is 0 Å². The molecule has 0 atom stereocenters. The van der Waals surface area contributed by atoms with Crippen LogP contribution in [-0.4, -0.2) is 21.0 Å². The minimum absolute atomic E-state index is 0.0138. The molecule has 0 aliphatic rings. The Hall–Kier alpha value is -3.65. The number of aromatic nitrogens is 3. The van der Waals surface area contributed by atoms with Crippen LogP contribution >= 0.6 is 11.6 Å². The SMILES string of the molecule is CC(=O)N(c1ccccc1F)c1onc(-c2ccc(F)c(Cl)c2)c1-c1ccncn1. The van der Waals surface area contributed by atoms with E-state index < -0.39 is 17.5 Å². The third-order valence-corrected chi connectivity index (χ3v) is 4.61. The van der Waals surface area contributed by atoms with Gasteiger partial charge in [-0.1, -0.05) is 28.9 Å². The summed E-state index contributed by atoms with van der Waals surface area (Å²) >= 11 is 5.93. The Morgan fingerprint density at radius 2 is 1.90 bits per heavy atom. The Morgan fingerprint density at radius 1 is 1.10 bits per heavy atom. The molecule has 9 heteroatoms. The summed E-state index contributed by atoms with van der Waals surface area (Å²) in [5.41, 5.74) is 1.35. The summed E-state index contributed by atoms with van der Waals surface area (Å²) in [6.07, 6.45) is 2.82. The summed E-state index contributed by atoms with van der Waals surface area (Å²) in [6.45, 7) is 1.27. The van der Waals surface area contributed by atoms with E-state index in [2.05, 4.69) is 15.1 Å². The molecule has 0 radical (unpaired) electrons. The molecule has 4 aromatic rings. The summed E-state index contributed by atoms with van der Waals surface area (Å²) < 4.78 is 33.7. The average Bonchev–Trinajstić information content (AvgIpc) is 3.16. The van der Waals surface area contributed by atoms with Gasteiger partial charge in [0.25, 0.3) is 0 Å². The Kier molecular flexibility index (Phi) is 5.24. The molecule has 0 saturated carbocycles. The summed E-state index contributed by atoms with van der Waals surface area (Å²) in [5.74, 6) is -1.76. The Morgan fingerprint density at radius 3 is 2.57 bits per heavy atom. The number of benzene rings is 2. The van der Waals surface area contributed by atoms with Gasteiger partial charge in [0.1, 0.15) is 23.7 Å². The molecule has 2 heterocycles. The number of para-hydroxylation sites is 1. The van der Waals surface area contributed by atoms with Crippen LogP contribution in [0.25, 0.3) is 22.5 Å². The van der Waals surface area contributed by atoms with Gasteiger partial charge in [-0.3, -0.25) is 4.79 Å². The van der Waals surface area contributed by atoms with E-state index in [1.807, 2.05) is 0 Å². The highest BCUT2D eigenvalue weighted by molar-refractivity contribution is 6.31. The summed E-state index contributed by atoms with van der Waals surface area (Å²) in [7, 11) is 0. The van der Waals surface area contributed by atoms with Crippen molar-refractivity contribution < 1.29 is 18.1 Å². The second-order valence-electron chi connectivity index (χ2n) is 6.24. The van der Waals surface area contributed by atoms with Gasteiger partial charge in [-0.15, -0.1) is 0 Å². The number of anilines is 2. The summed E-state index contributed by atoms with van der Waals surface area (Å²) in [6, 6.07) is 11.4. The van der Waals surface area contributed by atoms with Crippen LogP contribution in [0.5, 0.6) is 0 Å². The number of hydrogen-bond acceptors (Lipinski definition) is 5. The van der Waals surface area contributed by atoms with Gasteiger partial charge in [0.2, 0.25) is 11.8 Å². The van der Waals surface area contributed by atoms with Crippen molar-refractivity contribution in [3.63, 3.8) is 0 Å². The highest BCUT2D eigenvalue weighted by Gasteiger charge is 2.29. The van der Waals surface area contributed by atoms with Gasteiger partial charge < -0.3 is 4.52 Å². The lowest BCUT2D eigenvalue weighted by atomic mass is 10.0. The number of carbonyl (C=O) groups excluding carboxylic acids is 1. The first-order chi connectivity index (χ1) is 14.5. The molecule has 0 N–H and O–H groups in total. The maximum absolute atomic E-state index is 14.5. The quantitative estimate of drug-likeness (QED) is 0.436. The van der Waals surface area contributed by atoms with E-state index in [1.54, 1.807) is 12.1 Å². The minimum Gasteiger partial charge on any atom is -0.336 e. The van der Waals surface area contributed by atoms with Gasteiger partial charge in [0.05, 0.1) is 22.0 Å². The fourth-order valence-corrected chi connectivity index (χ4v) is 3.18. The monoisotopic (exact) mass is 426 g/mol.